The number of methoxy groups -OCH3 is 1. The van der Waals surface area contributed by atoms with Gasteiger partial charge in [0, 0.05) is 42.9 Å². The Balaban J connectivity index is 1.33. The molecule has 0 saturated heterocycles. The van der Waals surface area contributed by atoms with Gasteiger partial charge in [-0.15, -0.1) is 0 Å². The highest BCUT2D eigenvalue weighted by molar-refractivity contribution is 5.94. The number of hydrogen-bond acceptors (Lipinski definition) is 5. The van der Waals surface area contributed by atoms with Crippen LogP contribution in [0.5, 0.6) is 5.75 Å². The standard InChI is InChI=1S/C35H46N4O4/c1-23(2)39-22-31(20-37-39)30-15-16-36-33(19-30)38(35(42)28-11-5-25(6-12-28)18-34(40)41)21-26-7-9-27(10-8-26)29-13-14-32(43-4)24(3)17-29/h13-17,19-20,22-23,25-28H,5-12,18,21H2,1-4H3,(H,40,41). The molecule has 0 atom stereocenters. The summed E-state index contributed by atoms with van der Waals surface area (Å²) < 4.78 is 7.40. The number of rotatable bonds is 10. The number of pyridine rings is 1. The first kappa shape index (κ1) is 30.8. The van der Waals surface area contributed by atoms with Crippen LogP contribution < -0.4 is 9.64 Å². The van der Waals surface area contributed by atoms with E-state index in [1.807, 2.05) is 34.1 Å². The second-order valence-electron chi connectivity index (χ2n) is 12.9. The van der Waals surface area contributed by atoms with Crippen LogP contribution in [0.3, 0.4) is 0 Å². The number of ether oxygens (including phenoxy) is 1. The van der Waals surface area contributed by atoms with E-state index in [9.17, 15) is 14.7 Å². The quantitative estimate of drug-likeness (QED) is 0.265. The summed E-state index contributed by atoms with van der Waals surface area (Å²) in [5.41, 5.74) is 4.55. The van der Waals surface area contributed by atoms with Gasteiger partial charge in [-0.1, -0.05) is 12.1 Å². The number of amides is 1. The fourth-order valence-electron chi connectivity index (χ4n) is 6.98. The molecule has 8 heteroatoms. The van der Waals surface area contributed by atoms with Crippen molar-refractivity contribution >= 4 is 17.7 Å². The monoisotopic (exact) mass is 586 g/mol. The summed E-state index contributed by atoms with van der Waals surface area (Å²) in [6.07, 6.45) is 13.3. The van der Waals surface area contributed by atoms with Crippen LogP contribution in [0.25, 0.3) is 11.1 Å². The van der Waals surface area contributed by atoms with Crippen molar-refractivity contribution in [3.8, 4) is 16.9 Å². The second kappa shape index (κ2) is 13.7. The number of carboxylic acid groups (broad SMARTS) is 1. The van der Waals surface area contributed by atoms with Crippen LogP contribution in [0, 0.1) is 24.7 Å². The van der Waals surface area contributed by atoms with E-state index in [0.29, 0.717) is 24.2 Å². The zero-order valence-corrected chi connectivity index (χ0v) is 26.0. The maximum Gasteiger partial charge on any atom is 0.303 e. The molecule has 1 aromatic carbocycles. The molecule has 43 heavy (non-hydrogen) atoms. The number of carbonyl (C=O) groups is 2. The van der Waals surface area contributed by atoms with E-state index in [1.165, 1.54) is 11.1 Å². The van der Waals surface area contributed by atoms with Gasteiger partial charge in [-0.05, 0) is 125 Å². The van der Waals surface area contributed by atoms with E-state index < -0.39 is 5.97 Å². The van der Waals surface area contributed by atoms with Gasteiger partial charge in [0.1, 0.15) is 11.6 Å². The third-order valence-corrected chi connectivity index (χ3v) is 9.59. The Labute approximate surface area is 255 Å². The van der Waals surface area contributed by atoms with E-state index in [1.54, 1.807) is 13.3 Å². The molecular weight excluding hydrogens is 540 g/mol. The molecule has 2 fully saturated rings. The Morgan fingerprint density at radius 2 is 1.72 bits per heavy atom. The minimum absolute atomic E-state index is 0.0993. The van der Waals surface area contributed by atoms with Crippen LogP contribution in [0.4, 0.5) is 5.82 Å². The lowest BCUT2D eigenvalue weighted by Gasteiger charge is -2.35. The summed E-state index contributed by atoms with van der Waals surface area (Å²) in [6, 6.07) is 10.8. The van der Waals surface area contributed by atoms with Crippen molar-refractivity contribution < 1.29 is 19.4 Å². The third-order valence-electron chi connectivity index (χ3n) is 9.59. The van der Waals surface area contributed by atoms with Gasteiger partial charge in [-0.3, -0.25) is 19.2 Å². The number of aryl methyl sites for hydroxylation is 1. The Morgan fingerprint density at radius 3 is 2.35 bits per heavy atom. The van der Waals surface area contributed by atoms with E-state index in [4.69, 9.17) is 9.72 Å². The van der Waals surface area contributed by atoms with Crippen LogP contribution in [0.15, 0.2) is 48.9 Å². The molecule has 1 amide bonds. The Hall–Kier alpha value is -3.68. The number of aliphatic carboxylic acids is 1. The second-order valence-corrected chi connectivity index (χ2v) is 12.9. The first-order valence-corrected chi connectivity index (χ1v) is 15.9. The zero-order chi connectivity index (χ0) is 30.5. The van der Waals surface area contributed by atoms with Gasteiger partial charge in [-0.2, -0.15) is 5.10 Å². The number of nitrogens with zero attached hydrogens (tertiary/aromatic N) is 4. The van der Waals surface area contributed by atoms with Crippen molar-refractivity contribution in [1.29, 1.82) is 0 Å². The number of anilines is 1. The lowest BCUT2D eigenvalue weighted by molar-refractivity contribution is -0.138. The fourth-order valence-corrected chi connectivity index (χ4v) is 6.98. The first-order chi connectivity index (χ1) is 20.7. The number of hydrogen-bond donors (Lipinski definition) is 1. The van der Waals surface area contributed by atoms with Gasteiger partial charge in [0.05, 0.1) is 13.3 Å². The Kier molecular flexibility index (Phi) is 9.83. The fraction of sp³-hybridized carbons (Fsp3) is 0.543. The third kappa shape index (κ3) is 7.46. The maximum absolute atomic E-state index is 14.2. The average molecular weight is 587 g/mol. The molecule has 2 aliphatic rings. The molecule has 2 aliphatic carbocycles. The highest BCUT2D eigenvalue weighted by Crippen LogP contribution is 2.39. The summed E-state index contributed by atoms with van der Waals surface area (Å²) in [6.45, 7) is 6.96. The van der Waals surface area contributed by atoms with Crippen molar-refractivity contribution in [3.63, 3.8) is 0 Å². The van der Waals surface area contributed by atoms with Crippen LogP contribution in [0.1, 0.15) is 94.7 Å². The topological polar surface area (TPSA) is 97.5 Å². The van der Waals surface area contributed by atoms with Crippen molar-refractivity contribution in [1.82, 2.24) is 14.8 Å². The number of benzene rings is 1. The van der Waals surface area contributed by atoms with Crippen LogP contribution in [-0.2, 0) is 9.59 Å². The number of carboxylic acids is 1. The molecule has 5 rings (SSSR count). The summed E-state index contributed by atoms with van der Waals surface area (Å²) in [5, 5.41) is 13.8. The van der Waals surface area contributed by atoms with Gasteiger partial charge in [0.15, 0.2) is 0 Å². The van der Waals surface area contributed by atoms with Gasteiger partial charge in [0.25, 0.3) is 0 Å². The average Bonchev–Trinajstić information content (AvgIpc) is 3.51. The van der Waals surface area contributed by atoms with E-state index in [-0.39, 0.29) is 30.2 Å². The summed E-state index contributed by atoms with van der Waals surface area (Å²) in [5.74, 6) is 1.98. The predicted octanol–water partition coefficient (Wildman–Crippen LogP) is 7.43. The van der Waals surface area contributed by atoms with Gasteiger partial charge < -0.3 is 9.84 Å². The molecule has 0 bridgehead atoms. The molecule has 0 radical (unpaired) electrons. The zero-order valence-electron chi connectivity index (χ0n) is 26.0. The first-order valence-electron chi connectivity index (χ1n) is 15.9. The van der Waals surface area contributed by atoms with Crippen LogP contribution in [0.2, 0.25) is 0 Å². The van der Waals surface area contributed by atoms with E-state index in [2.05, 4.69) is 44.1 Å². The number of carbonyl (C=O) groups excluding carboxylic acids is 1. The van der Waals surface area contributed by atoms with Crippen LogP contribution >= 0.6 is 0 Å². The summed E-state index contributed by atoms with van der Waals surface area (Å²) in [4.78, 5) is 32.1. The molecule has 0 aliphatic heterocycles. The van der Waals surface area contributed by atoms with Crippen LogP contribution in [-0.4, -0.2) is 45.4 Å². The molecule has 2 saturated carbocycles. The minimum Gasteiger partial charge on any atom is -0.496 e. The molecule has 0 unspecified atom stereocenters. The van der Waals surface area contributed by atoms with E-state index in [0.717, 1.165) is 68.2 Å². The van der Waals surface area contributed by atoms with Crippen molar-refractivity contribution in [3.05, 3.63) is 60.0 Å². The smallest absolute Gasteiger partial charge is 0.303 e. The summed E-state index contributed by atoms with van der Waals surface area (Å²) >= 11 is 0. The highest BCUT2D eigenvalue weighted by Gasteiger charge is 2.34. The van der Waals surface area contributed by atoms with Gasteiger partial charge in [-0.25, -0.2) is 4.98 Å². The van der Waals surface area contributed by atoms with Crippen molar-refractivity contribution in [2.45, 2.75) is 90.5 Å². The lowest BCUT2D eigenvalue weighted by atomic mass is 9.77. The van der Waals surface area contributed by atoms with Crippen molar-refractivity contribution in [2.24, 2.45) is 17.8 Å². The Bertz CT molecular complexity index is 1400. The van der Waals surface area contributed by atoms with Crippen molar-refractivity contribution in [2.75, 3.05) is 18.6 Å². The molecule has 2 aromatic heterocycles. The predicted molar refractivity (Wildman–Crippen MR) is 168 cm³/mol. The Morgan fingerprint density at radius 1 is 1.00 bits per heavy atom. The SMILES string of the molecule is COc1ccc(C2CCC(CN(C(=O)C3CCC(CC(=O)O)CC3)c3cc(-c4cnn(C(C)C)c4)ccn3)CC2)cc1C. The maximum atomic E-state index is 14.2. The largest absolute Gasteiger partial charge is 0.496 e. The van der Waals surface area contributed by atoms with Gasteiger partial charge >= 0.3 is 5.97 Å². The molecule has 8 nitrogen and oxygen atoms in total. The molecule has 0 spiro atoms. The molecule has 2 heterocycles. The number of aromatic nitrogens is 3. The molecular formula is C35H46N4O4. The van der Waals surface area contributed by atoms with E-state index >= 15 is 0 Å². The lowest BCUT2D eigenvalue weighted by Crippen LogP contribution is -2.42. The normalized spacial score (nSPS) is 22.3. The minimum atomic E-state index is -0.751. The highest BCUT2D eigenvalue weighted by atomic mass is 16.5. The summed E-state index contributed by atoms with van der Waals surface area (Å²) in [7, 11) is 1.71. The molecule has 3 aromatic rings. The molecule has 230 valence electrons. The van der Waals surface area contributed by atoms with Gasteiger partial charge in [0.2, 0.25) is 5.91 Å². The molecule has 1 N–H and O–H groups in total.